The summed E-state index contributed by atoms with van der Waals surface area (Å²) in [6, 6.07) is 52.2. The molecule has 1 unspecified atom stereocenters. The van der Waals surface area contributed by atoms with E-state index in [0.717, 1.165) is 49.1 Å². The van der Waals surface area contributed by atoms with Crippen LogP contribution < -0.4 is 36.5 Å². The Hall–Kier alpha value is -8.32. The number of aryl methyl sites for hydroxylation is 1. The summed E-state index contributed by atoms with van der Waals surface area (Å²) in [5, 5.41) is 22.8. The van der Waals surface area contributed by atoms with Crippen LogP contribution in [0.2, 0.25) is 0 Å². The van der Waals surface area contributed by atoms with E-state index in [0.29, 0.717) is 59.0 Å². The normalized spacial score (nSPS) is 11.3. The zero-order chi connectivity index (χ0) is 56.3. The smallest absolute Gasteiger partial charge is 0.336 e. The number of para-hydroxylation sites is 4. The van der Waals surface area contributed by atoms with E-state index >= 15 is 0 Å². The lowest BCUT2D eigenvalue weighted by Crippen LogP contribution is -2.34. The Morgan fingerprint density at radius 3 is 1.42 bits per heavy atom. The van der Waals surface area contributed by atoms with Crippen LogP contribution in [-0.4, -0.2) is 28.5 Å². The lowest BCUT2D eigenvalue weighted by Gasteiger charge is -2.35. The minimum Gasteiger partial charge on any atom is -0.504 e. The second-order valence-electron chi connectivity index (χ2n) is 18.3. The van der Waals surface area contributed by atoms with E-state index in [9.17, 15) is 24.3 Å². The lowest BCUT2D eigenvalue weighted by molar-refractivity contribution is 0.212. The summed E-state index contributed by atoms with van der Waals surface area (Å²) in [5.74, 6) is 1.70. The minimum atomic E-state index is -1.41. The monoisotopic (exact) mass is 1150 g/mol. The van der Waals surface area contributed by atoms with Gasteiger partial charge >= 0.3 is 31.0 Å². The van der Waals surface area contributed by atoms with E-state index in [1.165, 1.54) is 24.3 Å². The van der Waals surface area contributed by atoms with Gasteiger partial charge in [-0.15, -0.1) is 0 Å². The summed E-state index contributed by atoms with van der Waals surface area (Å²) < 4.78 is 46.8. The van der Waals surface area contributed by atoms with Crippen molar-refractivity contribution < 1.29 is 41.3 Å². The number of hydrogen-bond acceptors (Lipinski definition) is 15. The predicted molar refractivity (Wildman–Crippen MR) is 311 cm³/mol. The number of ether oxygens (including phenoxy) is 2. The molecule has 0 aliphatic rings. The topological polar surface area (TPSA) is 205 Å². The Balaban J connectivity index is 0.000000168. The van der Waals surface area contributed by atoms with Crippen molar-refractivity contribution >= 4 is 68.3 Å². The molecule has 0 aliphatic carbocycles. The average molecular weight is 1150 g/mol. The molecular formula is C62H58BrN2O13P. The quantitative estimate of drug-likeness (QED) is 0.0413. The van der Waals surface area contributed by atoms with E-state index in [2.05, 4.69) is 54.4 Å². The highest BCUT2D eigenvalue weighted by Crippen LogP contribution is 2.48. The van der Waals surface area contributed by atoms with E-state index < -0.39 is 8.53 Å². The predicted octanol–water partition coefficient (Wildman–Crippen LogP) is 14.3. The molecule has 0 saturated carbocycles. The van der Waals surface area contributed by atoms with Gasteiger partial charge in [-0.25, -0.2) is 23.8 Å². The van der Waals surface area contributed by atoms with Gasteiger partial charge in [0.15, 0.2) is 23.0 Å². The number of alkyl halides is 1. The van der Waals surface area contributed by atoms with Gasteiger partial charge in [0.1, 0.15) is 35.5 Å². The third-order valence-electron chi connectivity index (χ3n) is 11.6. The van der Waals surface area contributed by atoms with Crippen molar-refractivity contribution in [1.29, 1.82) is 5.26 Å². The molecule has 10 rings (SSSR count). The van der Waals surface area contributed by atoms with Crippen LogP contribution in [0.25, 0.3) is 43.9 Å². The van der Waals surface area contributed by atoms with Crippen molar-refractivity contribution in [3.05, 3.63) is 234 Å². The fourth-order valence-corrected chi connectivity index (χ4v) is 9.77. The number of unbranched alkanes of at least 4 members (excludes halogenated alkanes) is 1. The summed E-state index contributed by atoms with van der Waals surface area (Å²) in [6.45, 7) is 11.4. The molecular weight excluding hydrogens is 1090 g/mol. The van der Waals surface area contributed by atoms with Gasteiger partial charge in [0.2, 0.25) is 0 Å². The highest BCUT2D eigenvalue weighted by molar-refractivity contribution is 9.08. The number of aromatic hydroxyl groups is 1. The van der Waals surface area contributed by atoms with Gasteiger partial charge in [-0.05, 0) is 136 Å². The molecule has 0 bridgehead atoms. The fraction of sp³-hybridized carbons (Fsp3) is 0.210. The Kier molecular flexibility index (Phi) is 21.3. The molecule has 4 heterocycles. The van der Waals surface area contributed by atoms with Gasteiger partial charge in [0, 0.05) is 69.6 Å². The maximum Gasteiger partial charge on any atom is 0.336 e. The van der Waals surface area contributed by atoms with Gasteiger partial charge in [-0.1, -0.05) is 88.7 Å². The Morgan fingerprint density at radius 1 is 0.544 bits per heavy atom. The molecule has 0 amide bonds. The van der Waals surface area contributed by atoms with Crippen LogP contribution in [0.15, 0.2) is 207 Å². The van der Waals surface area contributed by atoms with Crippen molar-refractivity contribution in [2.24, 2.45) is 0 Å². The van der Waals surface area contributed by atoms with Crippen LogP contribution in [0.3, 0.4) is 0 Å². The first kappa shape index (κ1) is 58.4. The number of rotatable bonds is 16. The SMILES string of the molecule is CC(C)N(C(C)C)P(OCCCC#N)Oc1ccccc1OCc1ccc2ccc(=O)oc2c1.Cc1ccc2ccc(=O)oc2c1.O=c1ccc2ccc(CBr)cc2o1.O=c1ccc2ccc(COc3ccccc3O)cc2o1. The van der Waals surface area contributed by atoms with Gasteiger partial charge < -0.3 is 41.3 Å². The molecule has 0 radical (unpaired) electrons. The molecule has 0 saturated heterocycles. The first-order chi connectivity index (χ1) is 38.2. The lowest BCUT2D eigenvalue weighted by atomic mass is 10.1. The van der Waals surface area contributed by atoms with Crippen LogP contribution in [0.5, 0.6) is 23.0 Å². The standard InChI is InChI=1S/C26H31N2O5P.C16H12O4.C10H7BrO2.C10H8O2/c1-19(2)28(20(3)4)34(31-16-8-7-15-27)33-24-10-6-5-9-23(24)30-18-21-11-12-22-13-14-26(29)32-25(22)17-21;17-13-3-1-2-4-14(13)19-10-11-5-6-12-7-8-16(18)20-15(12)9-11;11-6-7-1-2-8-3-4-10(12)13-9(8)5-7;1-7-2-3-8-4-5-10(11)12-9(8)6-7/h5-6,9-14,17,19-20H,7-8,16,18H2,1-4H3;1-9,17H,10H2;1-5H,6H2;2-6H,1H3. The summed E-state index contributed by atoms with van der Waals surface area (Å²) in [6.07, 6.45) is 1.09. The fourth-order valence-electron chi connectivity index (χ4n) is 7.78. The number of nitrogens with zero attached hydrogens (tertiary/aromatic N) is 2. The zero-order valence-corrected chi connectivity index (χ0v) is 46.6. The number of benzene rings is 6. The van der Waals surface area contributed by atoms with Gasteiger partial charge in [0.25, 0.3) is 0 Å². The van der Waals surface area contributed by atoms with Crippen molar-refractivity contribution in [2.45, 2.75) is 78.1 Å². The van der Waals surface area contributed by atoms with Gasteiger partial charge in [0.05, 0.1) is 12.7 Å². The average Bonchev–Trinajstić information content (AvgIpc) is 3.45. The first-order valence-electron chi connectivity index (χ1n) is 25.2. The summed E-state index contributed by atoms with van der Waals surface area (Å²) in [4.78, 5) is 44.5. The van der Waals surface area contributed by atoms with E-state index in [1.807, 2.05) is 97.9 Å². The highest BCUT2D eigenvalue weighted by Gasteiger charge is 2.29. The van der Waals surface area contributed by atoms with Crippen LogP contribution in [-0.2, 0) is 23.1 Å². The molecule has 4 aromatic heterocycles. The first-order valence-corrected chi connectivity index (χ1v) is 27.4. The molecule has 406 valence electrons. The van der Waals surface area contributed by atoms with Crippen LogP contribution in [0.4, 0.5) is 0 Å². The molecule has 6 aromatic carbocycles. The summed E-state index contributed by atoms with van der Waals surface area (Å²) in [7, 11) is -1.41. The van der Waals surface area contributed by atoms with Crippen molar-refractivity contribution in [2.75, 3.05) is 6.61 Å². The second-order valence-corrected chi connectivity index (χ2v) is 20.2. The number of phenolic OH excluding ortho intramolecular Hbond substituents is 1. The molecule has 15 nitrogen and oxygen atoms in total. The number of nitriles is 1. The third kappa shape index (κ3) is 17.3. The highest BCUT2D eigenvalue weighted by atomic mass is 79.9. The number of halogens is 1. The van der Waals surface area contributed by atoms with E-state index in [4.69, 9.17) is 41.5 Å². The summed E-state index contributed by atoms with van der Waals surface area (Å²) in [5.41, 5.74) is 4.90. The van der Waals surface area contributed by atoms with Gasteiger partial charge in [-0.2, -0.15) is 5.26 Å². The molecule has 79 heavy (non-hydrogen) atoms. The maximum atomic E-state index is 11.5. The molecule has 1 N–H and O–H groups in total. The van der Waals surface area contributed by atoms with Crippen molar-refractivity contribution in [3.8, 4) is 29.1 Å². The van der Waals surface area contributed by atoms with Crippen LogP contribution in [0.1, 0.15) is 62.8 Å². The number of fused-ring (bicyclic) bond motifs is 4. The Bertz CT molecular complexity index is 3910. The van der Waals surface area contributed by atoms with Crippen molar-refractivity contribution in [3.63, 3.8) is 0 Å². The van der Waals surface area contributed by atoms with Gasteiger partial charge in [-0.3, -0.25) is 0 Å². The number of hydrogen-bond donors (Lipinski definition) is 1. The second kappa shape index (κ2) is 28.9. The zero-order valence-electron chi connectivity index (χ0n) is 44.1. The summed E-state index contributed by atoms with van der Waals surface area (Å²) >= 11 is 3.34. The van der Waals surface area contributed by atoms with E-state index in [-0.39, 0.29) is 53.5 Å². The molecule has 17 heteroatoms. The van der Waals surface area contributed by atoms with Crippen molar-refractivity contribution in [1.82, 2.24) is 4.67 Å². The molecule has 10 aromatic rings. The molecule has 0 spiro atoms. The van der Waals surface area contributed by atoms with E-state index in [1.54, 1.807) is 54.6 Å². The molecule has 1 atom stereocenters. The Labute approximate surface area is 464 Å². The Morgan fingerprint density at radius 2 is 0.949 bits per heavy atom. The third-order valence-corrected chi connectivity index (χ3v) is 14.3. The largest absolute Gasteiger partial charge is 0.504 e. The number of phenols is 1. The van der Waals surface area contributed by atoms with Crippen LogP contribution in [0, 0.1) is 18.3 Å². The molecule has 0 aliphatic heterocycles. The maximum absolute atomic E-state index is 11.5. The molecule has 0 fully saturated rings. The minimum absolute atomic E-state index is 0.0971. The van der Waals surface area contributed by atoms with Crippen LogP contribution >= 0.6 is 24.5 Å².